The van der Waals surface area contributed by atoms with Crippen LogP contribution in [0.1, 0.15) is 38.2 Å². The summed E-state index contributed by atoms with van der Waals surface area (Å²) in [7, 11) is 1.83. The Morgan fingerprint density at radius 2 is 2.10 bits per heavy atom. The molecule has 0 aliphatic carbocycles. The normalized spacial score (nSPS) is 17.5. The van der Waals surface area contributed by atoms with E-state index in [4.69, 9.17) is 0 Å². The number of halogens is 1. The molecular formula is C17H25FN2O. The first-order chi connectivity index (χ1) is 10.1. The summed E-state index contributed by atoms with van der Waals surface area (Å²) in [6.07, 6.45) is 3.74. The van der Waals surface area contributed by atoms with Crippen LogP contribution in [-0.2, 0) is 11.3 Å². The Morgan fingerprint density at radius 1 is 1.38 bits per heavy atom. The highest BCUT2D eigenvalue weighted by molar-refractivity contribution is 5.82. The molecule has 0 unspecified atom stereocenters. The number of hydrogen-bond acceptors (Lipinski definition) is 2. The highest BCUT2D eigenvalue weighted by atomic mass is 19.1. The van der Waals surface area contributed by atoms with E-state index in [0.717, 1.165) is 44.3 Å². The van der Waals surface area contributed by atoms with Crippen LogP contribution in [-0.4, -0.2) is 30.9 Å². The van der Waals surface area contributed by atoms with Gasteiger partial charge in [-0.3, -0.25) is 4.79 Å². The Bertz CT molecular complexity index is 478. The zero-order chi connectivity index (χ0) is 15.3. The minimum Gasteiger partial charge on any atom is -0.341 e. The average Bonchev–Trinajstić information content (AvgIpc) is 2.47. The van der Waals surface area contributed by atoms with E-state index in [0.29, 0.717) is 6.54 Å². The summed E-state index contributed by atoms with van der Waals surface area (Å²) in [5, 5.41) is 3.33. The Balaban J connectivity index is 2.09. The maximum Gasteiger partial charge on any atom is 0.228 e. The molecule has 116 valence electrons. The molecule has 1 amide bonds. The van der Waals surface area contributed by atoms with E-state index in [-0.39, 0.29) is 17.1 Å². The lowest BCUT2D eigenvalue weighted by Crippen LogP contribution is -2.48. The molecule has 0 radical (unpaired) electrons. The lowest BCUT2D eigenvalue weighted by molar-refractivity contribution is -0.143. The van der Waals surface area contributed by atoms with Crippen LogP contribution in [0.3, 0.4) is 0 Å². The van der Waals surface area contributed by atoms with Gasteiger partial charge >= 0.3 is 0 Å². The monoisotopic (exact) mass is 292 g/mol. The van der Waals surface area contributed by atoms with Gasteiger partial charge in [0.05, 0.1) is 5.41 Å². The lowest BCUT2D eigenvalue weighted by atomic mass is 9.74. The van der Waals surface area contributed by atoms with E-state index in [9.17, 15) is 9.18 Å². The molecule has 0 atom stereocenters. The van der Waals surface area contributed by atoms with Crippen molar-refractivity contribution in [3.63, 3.8) is 0 Å². The molecule has 1 N–H and O–H groups in total. The van der Waals surface area contributed by atoms with E-state index in [1.54, 1.807) is 11.0 Å². The van der Waals surface area contributed by atoms with Crippen LogP contribution < -0.4 is 5.32 Å². The summed E-state index contributed by atoms with van der Waals surface area (Å²) in [4.78, 5) is 14.7. The third kappa shape index (κ3) is 3.82. The number of amides is 1. The molecule has 1 saturated heterocycles. The summed E-state index contributed by atoms with van der Waals surface area (Å²) < 4.78 is 13.3. The molecule has 1 aromatic carbocycles. The van der Waals surface area contributed by atoms with Crippen LogP contribution in [0.5, 0.6) is 0 Å². The number of piperidine rings is 1. The van der Waals surface area contributed by atoms with E-state index in [2.05, 4.69) is 12.2 Å². The molecule has 0 bridgehead atoms. The van der Waals surface area contributed by atoms with Gasteiger partial charge in [0.25, 0.3) is 0 Å². The van der Waals surface area contributed by atoms with E-state index < -0.39 is 0 Å². The molecule has 3 nitrogen and oxygen atoms in total. The Morgan fingerprint density at radius 3 is 2.71 bits per heavy atom. The fourth-order valence-electron chi connectivity index (χ4n) is 3.34. The SMILES string of the molecule is CCCC1(C(=O)N(C)Cc2cccc(F)c2)CCNCC1. The third-order valence-corrected chi connectivity index (χ3v) is 4.40. The molecule has 0 spiro atoms. The summed E-state index contributed by atoms with van der Waals surface area (Å²) in [5.41, 5.74) is 0.605. The van der Waals surface area contributed by atoms with Gasteiger partial charge in [0, 0.05) is 13.6 Å². The predicted molar refractivity (Wildman–Crippen MR) is 82.3 cm³/mol. The van der Waals surface area contributed by atoms with Crippen LogP contribution in [0.15, 0.2) is 24.3 Å². The first-order valence-electron chi connectivity index (χ1n) is 7.78. The van der Waals surface area contributed by atoms with E-state index >= 15 is 0 Å². The van der Waals surface area contributed by atoms with Crippen LogP contribution in [0, 0.1) is 11.2 Å². The van der Waals surface area contributed by atoms with Crippen LogP contribution >= 0.6 is 0 Å². The van der Waals surface area contributed by atoms with Gasteiger partial charge in [-0.1, -0.05) is 25.5 Å². The van der Waals surface area contributed by atoms with E-state index in [1.807, 2.05) is 13.1 Å². The molecule has 0 saturated carbocycles. The fourth-order valence-corrected chi connectivity index (χ4v) is 3.34. The van der Waals surface area contributed by atoms with Gasteiger partial charge < -0.3 is 10.2 Å². The second-order valence-corrected chi connectivity index (χ2v) is 6.07. The molecule has 1 aliphatic heterocycles. The number of nitrogens with one attached hydrogen (secondary N) is 1. The minimum atomic E-state index is -0.251. The quantitative estimate of drug-likeness (QED) is 0.905. The maximum absolute atomic E-state index is 13.3. The van der Waals surface area contributed by atoms with Gasteiger partial charge in [-0.25, -0.2) is 4.39 Å². The predicted octanol–water partition coefficient (Wildman–Crippen LogP) is 2.95. The van der Waals surface area contributed by atoms with Gasteiger partial charge in [0.1, 0.15) is 5.82 Å². The molecule has 1 heterocycles. The highest BCUT2D eigenvalue weighted by Gasteiger charge is 2.40. The molecular weight excluding hydrogens is 267 g/mol. The summed E-state index contributed by atoms with van der Waals surface area (Å²) in [6.45, 7) is 4.40. The van der Waals surface area contributed by atoms with Crippen LogP contribution in [0.2, 0.25) is 0 Å². The number of hydrogen-bond donors (Lipinski definition) is 1. The largest absolute Gasteiger partial charge is 0.341 e. The highest BCUT2D eigenvalue weighted by Crippen LogP contribution is 2.36. The van der Waals surface area contributed by atoms with Gasteiger partial charge in [-0.05, 0) is 50.0 Å². The van der Waals surface area contributed by atoms with Crippen molar-refractivity contribution >= 4 is 5.91 Å². The summed E-state index contributed by atoms with van der Waals surface area (Å²) >= 11 is 0. The molecule has 4 heteroatoms. The number of carbonyl (C=O) groups excluding carboxylic acids is 1. The van der Waals surface area contributed by atoms with Crippen molar-refractivity contribution in [2.24, 2.45) is 5.41 Å². The molecule has 2 rings (SSSR count). The van der Waals surface area contributed by atoms with Gasteiger partial charge in [0.15, 0.2) is 0 Å². The van der Waals surface area contributed by atoms with Crippen molar-refractivity contribution in [2.45, 2.75) is 39.2 Å². The van der Waals surface area contributed by atoms with Gasteiger partial charge in [-0.2, -0.15) is 0 Å². The number of benzene rings is 1. The van der Waals surface area contributed by atoms with Crippen molar-refractivity contribution in [2.75, 3.05) is 20.1 Å². The summed E-state index contributed by atoms with van der Waals surface area (Å²) in [6, 6.07) is 6.48. The number of rotatable bonds is 5. The molecule has 0 aromatic heterocycles. The second kappa shape index (κ2) is 7.03. The van der Waals surface area contributed by atoms with Gasteiger partial charge in [0.2, 0.25) is 5.91 Å². The lowest BCUT2D eigenvalue weighted by Gasteiger charge is -2.39. The second-order valence-electron chi connectivity index (χ2n) is 6.07. The van der Waals surface area contributed by atoms with Gasteiger partial charge in [-0.15, -0.1) is 0 Å². The Kier molecular flexibility index (Phi) is 5.34. The first kappa shape index (κ1) is 16.0. The standard InChI is InChI=1S/C17H25FN2O/c1-3-7-17(8-10-19-11-9-17)16(21)20(2)13-14-5-4-6-15(18)12-14/h4-6,12,19H,3,7-11,13H2,1-2H3. The molecule has 1 fully saturated rings. The Hall–Kier alpha value is -1.42. The topological polar surface area (TPSA) is 32.3 Å². The maximum atomic E-state index is 13.3. The molecule has 1 aromatic rings. The van der Waals surface area contributed by atoms with Crippen molar-refractivity contribution in [1.82, 2.24) is 10.2 Å². The number of carbonyl (C=O) groups is 1. The van der Waals surface area contributed by atoms with Crippen LogP contribution in [0.25, 0.3) is 0 Å². The molecule has 21 heavy (non-hydrogen) atoms. The van der Waals surface area contributed by atoms with E-state index in [1.165, 1.54) is 12.1 Å². The van der Waals surface area contributed by atoms with Crippen LogP contribution in [0.4, 0.5) is 4.39 Å². The van der Waals surface area contributed by atoms with Crippen molar-refractivity contribution in [1.29, 1.82) is 0 Å². The summed E-state index contributed by atoms with van der Waals surface area (Å²) in [5.74, 6) is -0.0476. The zero-order valence-electron chi connectivity index (χ0n) is 13.0. The first-order valence-corrected chi connectivity index (χ1v) is 7.78. The van der Waals surface area contributed by atoms with Crippen molar-refractivity contribution < 1.29 is 9.18 Å². The fraction of sp³-hybridized carbons (Fsp3) is 0.588. The molecule has 1 aliphatic rings. The average molecular weight is 292 g/mol. The number of nitrogens with zero attached hydrogens (tertiary/aromatic N) is 1. The van der Waals surface area contributed by atoms with Crippen molar-refractivity contribution in [3.05, 3.63) is 35.6 Å². The zero-order valence-corrected chi connectivity index (χ0v) is 13.0. The Labute approximate surface area is 126 Å². The third-order valence-electron chi connectivity index (χ3n) is 4.40. The van der Waals surface area contributed by atoms with Crippen molar-refractivity contribution in [3.8, 4) is 0 Å². The minimum absolute atomic E-state index is 0.204. The smallest absolute Gasteiger partial charge is 0.228 e.